The third-order valence-electron chi connectivity index (χ3n) is 5.33. The maximum Gasteiger partial charge on any atom is 0.238 e. The molecule has 2 amide bonds. The number of hydrogen-bond donors (Lipinski definition) is 1. The first-order valence-electron chi connectivity index (χ1n) is 10.2. The van der Waals surface area contributed by atoms with Gasteiger partial charge in [-0.3, -0.25) is 14.5 Å². The molecule has 1 saturated heterocycles. The summed E-state index contributed by atoms with van der Waals surface area (Å²) >= 11 is 6.17. The van der Waals surface area contributed by atoms with Gasteiger partial charge in [0.05, 0.1) is 6.54 Å². The van der Waals surface area contributed by atoms with Crippen molar-refractivity contribution in [1.82, 2.24) is 9.80 Å². The van der Waals surface area contributed by atoms with E-state index < -0.39 is 0 Å². The van der Waals surface area contributed by atoms with Crippen LogP contribution in [0.1, 0.15) is 24.5 Å². The standard InChI is InChI=1S/C23H28ClN3O2/c1-2-18-7-4-6-10-21(18)25-22(28)17-26-13-15-27(16-14-26)23(29)12-11-19-8-3-5-9-20(19)24/h3-10H,2,11-17H2,1H3,(H,25,28). The Kier molecular flexibility index (Phi) is 7.67. The zero-order valence-corrected chi connectivity index (χ0v) is 17.6. The van der Waals surface area contributed by atoms with E-state index in [1.165, 1.54) is 0 Å². The van der Waals surface area contributed by atoms with Crippen molar-refractivity contribution in [2.75, 3.05) is 38.0 Å². The van der Waals surface area contributed by atoms with E-state index in [0.29, 0.717) is 50.6 Å². The van der Waals surface area contributed by atoms with Crippen LogP contribution in [0, 0.1) is 0 Å². The van der Waals surface area contributed by atoms with Crippen LogP contribution in [0.5, 0.6) is 0 Å². The lowest BCUT2D eigenvalue weighted by molar-refractivity contribution is -0.133. The molecule has 1 aliphatic rings. The van der Waals surface area contributed by atoms with Gasteiger partial charge in [-0.05, 0) is 36.1 Å². The van der Waals surface area contributed by atoms with Gasteiger partial charge in [-0.25, -0.2) is 0 Å². The number of carbonyl (C=O) groups is 2. The molecule has 1 heterocycles. The Morgan fingerprint density at radius 1 is 0.966 bits per heavy atom. The summed E-state index contributed by atoms with van der Waals surface area (Å²) in [5, 5.41) is 3.72. The molecular formula is C23H28ClN3O2. The van der Waals surface area contributed by atoms with Crippen LogP contribution >= 0.6 is 11.6 Å². The number of amides is 2. The minimum atomic E-state index is -0.00982. The molecule has 0 spiro atoms. The SMILES string of the molecule is CCc1ccccc1NC(=O)CN1CCN(C(=O)CCc2ccccc2Cl)CC1. The quantitative estimate of drug-likeness (QED) is 0.754. The van der Waals surface area contributed by atoms with Crippen molar-refractivity contribution >= 4 is 29.1 Å². The highest BCUT2D eigenvalue weighted by Gasteiger charge is 2.22. The zero-order chi connectivity index (χ0) is 20.6. The van der Waals surface area contributed by atoms with Crippen molar-refractivity contribution < 1.29 is 9.59 Å². The second-order valence-corrected chi connectivity index (χ2v) is 7.71. The number of nitrogens with zero attached hydrogens (tertiary/aromatic N) is 2. The molecule has 2 aromatic rings. The summed E-state index contributed by atoms with van der Waals surface area (Å²) in [7, 11) is 0. The van der Waals surface area contributed by atoms with E-state index in [-0.39, 0.29) is 11.8 Å². The first kappa shape index (κ1) is 21.3. The molecule has 0 atom stereocenters. The van der Waals surface area contributed by atoms with Crippen molar-refractivity contribution in [2.24, 2.45) is 0 Å². The summed E-state index contributed by atoms with van der Waals surface area (Å²) in [6.07, 6.45) is 1.99. The predicted octanol–water partition coefficient (Wildman–Crippen LogP) is 3.62. The van der Waals surface area contributed by atoms with Crippen LogP contribution in [0.3, 0.4) is 0 Å². The normalized spacial score (nSPS) is 14.6. The molecule has 1 N–H and O–H groups in total. The van der Waals surface area contributed by atoms with Crippen molar-refractivity contribution in [1.29, 1.82) is 0 Å². The molecule has 154 valence electrons. The molecule has 0 aromatic heterocycles. The minimum absolute atomic E-state index is 0.00982. The van der Waals surface area contributed by atoms with Crippen molar-refractivity contribution in [2.45, 2.75) is 26.2 Å². The summed E-state index contributed by atoms with van der Waals surface area (Å²) in [6, 6.07) is 15.5. The number of carbonyl (C=O) groups excluding carboxylic acids is 2. The zero-order valence-electron chi connectivity index (χ0n) is 16.9. The molecule has 0 unspecified atom stereocenters. The maximum absolute atomic E-state index is 12.5. The van der Waals surface area contributed by atoms with Crippen LogP contribution in [0.4, 0.5) is 5.69 Å². The average molecular weight is 414 g/mol. The fourth-order valence-electron chi connectivity index (χ4n) is 3.60. The second-order valence-electron chi connectivity index (χ2n) is 7.31. The van der Waals surface area contributed by atoms with E-state index in [1.807, 2.05) is 53.4 Å². The Hall–Kier alpha value is -2.37. The fourth-order valence-corrected chi connectivity index (χ4v) is 3.83. The molecule has 0 aliphatic carbocycles. The number of hydrogen-bond acceptors (Lipinski definition) is 3. The van der Waals surface area contributed by atoms with Crippen LogP contribution in [0.25, 0.3) is 0 Å². The van der Waals surface area contributed by atoms with Crippen molar-refractivity contribution in [3.8, 4) is 0 Å². The largest absolute Gasteiger partial charge is 0.340 e. The van der Waals surface area contributed by atoms with Crippen LogP contribution in [-0.4, -0.2) is 54.3 Å². The Morgan fingerprint density at radius 3 is 2.31 bits per heavy atom. The van der Waals surface area contributed by atoms with Crippen LogP contribution in [0.15, 0.2) is 48.5 Å². The van der Waals surface area contributed by atoms with Gasteiger partial charge in [0.15, 0.2) is 0 Å². The van der Waals surface area contributed by atoms with E-state index in [4.69, 9.17) is 11.6 Å². The maximum atomic E-state index is 12.5. The predicted molar refractivity (Wildman–Crippen MR) is 117 cm³/mol. The summed E-state index contributed by atoms with van der Waals surface area (Å²) < 4.78 is 0. The number of halogens is 1. The summed E-state index contributed by atoms with van der Waals surface area (Å²) in [5.74, 6) is 0.135. The second kappa shape index (κ2) is 10.4. The third-order valence-corrected chi connectivity index (χ3v) is 5.70. The first-order chi connectivity index (χ1) is 14.1. The number of nitrogens with one attached hydrogen (secondary N) is 1. The number of aryl methyl sites for hydroxylation is 2. The van der Waals surface area contributed by atoms with Gasteiger partial charge in [0.1, 0.15) is 0 Å². The van der Waals surface area contributed by atoms with Gasteiger partial charge in [-0.2, -0.15) is 0 Å². The molecular weight excluding hydrogens is 386 g/mol. The third kappa shape index (κ3) is 6.05. The Labute approximate surface area is 177 Å². The first-order valence-corrected chi connectivity index (χ1v) is 10.6. The molecule has 1 fully saturated rings. The molecule has 0 radical (unpaired) electrons. The van der Waals surface area contributed by atoms with Gasteiger partial charge in [-0.15, -0.1) is 0 Å². The molecule has 3 rings (SSSR count). The van der Waals surface area contributed by atoms with Gasteiger partial charge in [0.2, 0.25) is 11.8 Å². The topological polar surface area (TPSA) is 52.7 Å². The van der Waals surface area contributed by atoms with Crippen LogP contribution < -0.4 is 5.32 Å². The number of anilines is 1. The van der Waals surface area contributed by atoms with E-state index in [1.54, 1.807) is 0 Å². The smallest absolute Gasteiger partial charge is 0.238 e. The van der Waals surface area contributed by atoms with E-state index in [2.05, 4.69) is 17.1 Å². The highest BCUT2D eigenvalue weighted by atomic mass is 35.5. The number of piperazine rings is 1. The molecule has 0 bridgehead atoms. The highest BCUT2D eigenvalue weighted by molar-refractivity contribution is 6.31. The van der Waals surface area contributed by atoms with Crippen molar-refractivity contribution in [3.05, 3.63) is 64.7 Å². The summed E-state index contributed by atoms with van der Waals surface area (Å²) in [6.45, 7) is 5.15. The molecule has 2 aromatic carbocycles. The van der Waals surface area contributed by atoms with Gasteiger partial charge in [0, 0.05) is 43.3 Å². The van der Waals surface area contributed by atoms with Gasteiger partial charge < -0.3 is 10.2 Å². The highest BCUT2D eigenvalue weighted by Crippen LogP contribution is 2.18. The van der Waals surface area contributed by atoms with E-state index >= 15 is 0 Å². The van der Waals surface area contributed by atoms with Crippen molar-refractivity contribution in [3.63, 3.8) is 0 Å². The lowest BCUT2D eigenvalue weighted by Gasteiger charge is -2.34. The van der Waals surface area contributed by atoms with E-state index in [9.17, 15) is 9.59 Å². The fraction of sp³-hybridized carbons (Fsp3) is 0.391. The molecule has 5 nitrogen and oxygen atoms in total. The summed E-state index contributed by atoms with van der Waals surface area (Å²) in [5.41, 5.74) is 3.02. The van der Waals surface area contributed by atoms with Crippen LogP contribution in [-0.2, 0) is 22.4 Å². The molecule has 1 aliphatic heterocycles. The lowest BCUT2D eigenvalue weighted by atomic mass is 10.1. The van der Waals surface area contributed by atoms with Crippen LogP contribution in [0.2, 0.25) is 5.02 Å². The molecule has 6 heteroatoms. The average Bonchev–Trinajstić information content (AvgIpc) is 2.74. The lowest BCUT2D eigenvalue weighted by Crippen LogP contribution is -2.50. The monoisotopic (exact) mass is 413 g/mol. The number of benzene rings is 2. The summed E-state index contributed by atoms with van der Waals surface area (Å²) in [4.78, 5) is 28.9. The Bertz CT molecular complexity index is 848. The van der Waals surface area contributed by atoms with Gasteiger partial charge in [0.25, 0.3) is 0 Å². The number of rotatable bonds is 7. The Balaban J connectivity index is 1.42. The Morgan fingerprint density at radius 2 is 1.62 bits per heavy atom. The minimum Gasteiger partial charge on any atom is -0.340 e. The van der Waals surface area contributed by atoms with Gasteiger partial charge >= 0.3 is 0 Å². The van der Waals surface area contributed by atoms with E-state index in [0.717, 1.165) is 23.2 Å². The molecule has 29 heavy (non-hydrogen) atoms. The number of para-hydroxylation sites is 1. The molecule has 0 saturated carbocycles. The van der Waals surface area contributed by atoms with Gasteiger partial charge in [-0.1, -0.05) is 54.9 Å².